The molecule has 6 nitrogen and oxygen atoms in total. The maximum atomic E-state index is 4.64. The molecule has 0 aliphatic carbocycles. The van der Waals surface area contributed by atoms with Crippen LogP contribution >= 0.6 is 11.3 Å². The van der Waals surface area contributed by atoms with Crippen LogP contribution < -0.4 is 10.6 Å². The molecule has 0 unspecified atom stereocenters. The second-order valence-electron chi connectivity index (χ2n) is 6.18. The Bertz CT molecular complexity index is 851. The van der Waals surface area contributed by atoms with Gasteiger partial charge in [0.05, 0.1) is 17.9 Å². The molecule has 0 fully saturated rings. The molecule has 0 radical (unpaired) electrons. The van der Waals surface area contributed by atoms with E-state index in [0.29, 0.717) is 19.0 Å². The van der Waals surface area contributed by atoms with E-state index in [2.05, 4.69) is 57.1 Å². The van der Waals surface area contributed by atoms with E-state index in [-0.39, 0.29) is 0 Å². The van der Waals surface area contributed by atoms with E-state index in [1.165, 1.54) is 0 Å². The van der Waals surface area contributed by atoms with Gasteiger partial charge >= 0.3 is 0 Å². The molecule has 0 saturated heterocycles. The zero-order valence-electron chi connectivity index (χ0n) is 15.3. The van der Waals surface area contributed by atoms with Crippen LogP contribution in [-0.2, 0) is 13.1 Å². The number of nitrogens with zero attached hydrogens (tertiary/aromatic N) is 4. The molecular formula is C19H24N6S. The molecule has 0 bridgehead atoms. The predicted molar refractivity (Wildman–Crippen MR) is 107 cm³/mol. The number of hydrogen-bond acceptors (Lipinski definition) is 4. The van der Waals surface area contributed by atoms with Gasteiger partial charge in [-0.15, -0.1) is 11.3 Å². The average Bonchev–Trinajstić information content (AvgIpc) is 3.34. The summed E-state index contributed by atoms with van der Waals surface area (Å²) in [6.45, 7) is 5.64. The van der Waals surface area contributed by atoms with Crippen molar-refractivity contribution in [3.63, 3.8) is 0 Å². The summed E-state index contributed by atoms with van der Waals surface area (Å²) >= 11 is 1.68. The summed E-state index contributed by atoms with van der Waals surface area (Å²) in [5.74, 6) is 1.21. The highest BCUT2D eigenvalue weighted by Gasteiger charge is 2.08. The first-order valence-electron chi connectivity index (χ1n) is 8.64. The Morgan fingerprint density at radius 1 is 1.19 bits per heavy atom. The number of hydrogen-bond donors (Lipinski definition) is 2. The Kier molecular flexibility index (Phi) is 6.01. The second-order valence-corrected chi connectivity index (χ2v) is 7.12. The van der Waals surface area contributed by atoms with Crippen LogP contribution in [0.2, 0.25) is 0 Å². The lowest BCUT2D eigenvalue weighted by molar-refractivity contribution is 0.778. The quantitative estimate of drug-likeness (QED) is 0.517. The van der Waals surface area contributed by atoms with Crippen molar-refractivity contribution in [1.82, 2.24) is 25.4 Å². The minimum atomic E-state index is 0.455. The van der Waals surface area contributed by atoms with Gasteiger partial charge in [-0.3, -0.25) is 4.99 Å². The Labute approximate surface area is 158 Å². The van der Waals surface area contributed by atoms with Crippen molar-refractivity contribution in [3.05, 3.63) is 64.4 Å². The minimum Gasteiger partial charge on any atom is -0.352 e. The maximum absolute atomic E-state index is 4.64. The third kappa shape index (κ3) is 4.49. The van der Waals surface area contributed by atoms with Gasteiger partial charge in [0, 0.05) is 31.4 Å². The highest BCUT2D eigenvalue weighted by Crippen LogP contribution is 2.17. The molecular weight excluding hydrogens is 344 g/mol. The number of para-hydroxylation sites is 1. The van der Waals surface area contributed by atoms with Crippen molar-refractivity contribution in [1.29, 1.82) is 0 Å². The van der Waals surface area contributed by atoms with Crippen molar-refractivity contribution in [2.75, 3.05) is 7.05 Å². The van der Waals surface area contributed by atoms with E-state index in [1.54, 1.807) is 24.6 Å². The summed E-state index contributed by atoms with van der Waals surface area (Å²) in [5, 5.41) is 14.2. The number of rotatable bonds is 6. The molecule has 7 heteroatoms. The summed E-state index contributed by atoms with van der Waals surface area (Å²) in [6, 6.07) is 10.1. The molecule has 26 heavy (non-hydrogen) atoms. The molecule has 1 aromatic carbocycles. The van der Waals surface area contributed by atoms with Gasteiger partial charge in [-0.1, -0.05) is 32.0 Å². The van der Waals surface area contributed by atoms with Crippen molar-refractivity contribution in [3.8, 4) is 5.69 Å². The molecule has 2 heterocycles. The minimum absolute atomic E-state index is 0.455. The smallest absolute Gasteiger partial charge is 0.191 e. The van der Waals surface area contributed by atoms with E-state index >= 15 is 0 Å². The van der Waals surface area contributed by atoms with Crippen molar-refractivity contribution >= 4 is 17.3 Å². The summed E-state index contributed by atoms with van der Waals surface area (Å²) < 4.78 is 1.87. The number of aromatic nitrogens is 3. The van der Waals surface area contributed by atoms with E-state index in [4.69, 9.17) is 0 Å². The van der Waals surface area contributed by atoms with Gasteiger partial charge in [0.15, 0.2) is 5.96 Å². The Morgan fingerprint density at radius 2 is 2.00 bits per heavy atom. The summed E-state index contributed by atoms with van der Waals surface area (Å²) in [6.07, 6.45) is 3.73. The highest BCUT2D eigenvalue weighted by molar-refractivity contribution is 7.09. The van der Waals surface area contributed by atoms with Gasteiger partial charge in [-0.25, -0.2) is 9.67 Å². The van der Waals surface area contributed by atoms with Gasteiger partial charge in [0.1, 0.15) is 5.01 Å². The number of nitrogens with one attached hydrogen (secondary N) is 2. The summed E-state index contributed by atoms with van der Waals surface area (Å²) in [5.41, 5.74) is 3.35. The third-order valence-electron chi connectivity index (χ3n) is 3.98. The zero-order chi connectivity index (χ0) is 18.4. The lowest BCUT2D eigenvalue weighted by Crippen LogP contribution is -2.36. The number of benzene rings is 1. The fraction of sp³-hybridized carbons (Fsp3) is 0.316. The molecule has 136 valence electrons. The first kappa shape index (κ1) is 18.1. The number of thiazole rings is 1. The van der Waals surface area contributed by atoms with Crippen LogP contribution in [0.4, 0.5) is 0 Å². The van der Waals surface area contributed by atoms with Crippen LogP contribution in [0.25, 0.3) is 5.69 Å². The standard InChI is InChI=1S/C19H24N6S/c1-14(2)16-13-26-18(24-16)12-22-19(20-3)21-11-15-7-4-5-8-17(15)25-10-6-9-23-25/h4-10,13-14H,11-12H2,1-3H3,(H2,20,21,22). The average molecular weight is 369 g/mol. The lowest BCUT2D eigenvalue weighted by Gasteiger charge is -2.13. The third-order valence-corrected chi connectivity index (χ3v) is 4.85. The van der Waals surface area contributed by atoms with E-state index in [1.807, 2.05) is 29.1 Å². The van der Waals surface area contributed by atoms with Crippen LogP contribution in [0.15, 0.2) is 53.1 Å². The normalized spacial score (nSPS) is 11.8. The summed E-state index contributed by atoms with van der Waals surface area (Å²) in [4.78, 5) is 8.95. The molecule has 2 N–H and O–H groups in total. The Balaban J connectivity index is 1.59. The zero-order valence-corrected chi connectivity index (χ0v) is 16.1. The van der Waals surface area contributed by atoms with Gasteiger partial charge < -0.3 is 10.6 Å². The van der Waals surface area contributed by atoms with Crippen molar-refractivity contribution in [2.24, 2.45) is 4.99 Å². The van der Waals surface area contributed by atoms with E-state index < -0.39 is 0 Å². The first-order chi connectivity index (χ1) is 12.7. The lowest BCUT2D eigenvalue weighted by atomic mass is 10.2. The van der Waals surface area contributed by atoms with Gasteiger partial charge in [0.2, 0.25) is 0 Å². The molecule has 3 rings (SSSR count). The van der Waals surface area contributed by atoms with Crippen LogP contribution in [-0.4, -0.2) is 27.8 Å². The molecule has 0 spiro atoms. The topological polar surface area (TPSA) is 67.1 Å². The molecule has 0 aliphatic rings. The first-order valence-corrected chi connectivity index (χ1v) is 9.52. The maximum Gasteiger partial charge on any atom is 0.191 e. The number of guanidine groups is 1. The van der Waals surface area contributed by atoms with Crippen LogP contribution in [0.1, 0.15) is 36.0 Å². The van der Waals surface area contributed by atoms with Crippen LogP contribution in [0.5, 0.6) is 0 Å². The van der Waals surface area contributed by atoms with Crippen LogP contribution in [0, 0.1) is 0 Å². The molecule has 0 saturated carbocycles. The highest BCUT2D eigenvalue weighted by atomic mass is 32.1. The summed E-state index contributed by atoms with van der Waals surface area (Å²) in [7, 11) is 1.77. The van der Waals surface area contributed by atoms with Crippen molar-refractivity contribution < 1.29 is 0 Å². The second kappa shape index (κ2) is 8.62. The molecule has 0 atom stereocenters. The van der Waals surface area contributed by atoms with Gasteiger partial charge in [-0.05, 0) is 23.6 Å². The fourth-order valence-corrected chi connectivity index (χ4v) is 3.42. The van der Waals surface area contributed by atoms with Gasteiger partial charge in [-0.2, -0.15) is 5.10 Å². The monoisotopic (exact) mass is 368 g/mol. The molecule has 3 aromatic rings. The molecule has 0 aliphatic heterocycles. The SMILES string of the molecule is CN=C(NCc1nc(C(C)C)cs1)NCc1ccccc1-n1cccn1. The van der Waals surface area contributed by atoms with Crippen LogP contribution in [0.3, 0.4) is 0 Å². The van der Waals surface area contributed by atoms with Gasteiger partial charge in [0.25, 0.3) is 0 Å². The molecule has 0 amide bonds. The van der Waals surface area contributed by atoms with E-state index in [9.17, 15) is 0 Å². The number of aliphatic imine (C=N–C) groups is 1. The molecule has 2 aromatic heterocycles. The Morgan fingerprint density at radius 3 is 2.69 bits per heavy atom. The predicted octanol–water partition coefficient (Wildman–Crippen LogP) is 3.32. The largest absolute Gasteiger partial charge is 0.352 e. The Hall–Kier alpha value is -2.67. The van der Waals surface area contributed by atoms with Crippen molar-refractivity contribution in [2.45, 2.75) is 32.9 Å². The van der Waals surface area contributed by atoms with E-state index in [0.717, 1.165) is 27.9 Å². The fourth-order valence-electron chi connectivity index (χ4n) is 2.53.